The highest BCUT2D eigenvalue weighted by atomic mass is 32.2. The Balaban J connectivity index is 3.08. The molecule has 0 aliphatic rings. The van der Waals surface area contributed by atoms with E-state index in [1.54, 1.807) is 6.92 Å². The maximum absolute atomic E-state index is 12.2. The molecule has 0 saturated carbocycles. The number of methoxy groups -OCH3 is 1. The molecule has 0 spiro atoms. The van der Waals surface area contributed by atoms with E-state index in [1.807, 2.05) is 0 Å². The minimum atomic E-state index is -3.95. The van der Waals surface area contributed by atoms with Gasteiger partial charge in [0.2, 0.25) is 15.9 Å². The van der Waals surface area contributed by atoms with Gasteiger partial charge < -0.3 is 15.4 Å². The number of ether oxygens (including phenoxy) is 1. The fourth-order valence-electron chi connectivity index (χ4n) is 1.71. The average molecular weight is 329 g/mol. The first-order valence-corrected chi connectivity index (χ1v) is 8.04. The number of primary sulfonamides is 1. The van der Waals surface area contributed by atoms with E-state index in [0.717, 1.165) is 6.07 Å². The molecular formula is C13H19N3O5S. The first kappa shape index (κ1) is 17.9. The number of sulfonamides is 1. The van der Waals surface area contributed by atoms with Crippen LogP contribution in [0.15, 0.2) is 23.1 Å². The molecule has 8 nitrogen and oxygen atoms in total. The summed E-state index contributed by atoms with van der Waals surface area (Å²) in [6.07, 6.45) is 0. The van der Waals surface area contributed by atoms with Crippen LogP contribution in [0, 0.1) is 0 Å². The van der Waals surface area contributed by atoms with Gasteiger partial charge in [-0.2, -0.15) is 0 Å². The summed E-state index contributed by atoms with van der Waals surface area (Å²) in [6.45, 7) is 3.70. The predicted molar refractivity (Wildman–Crippen MR) is 80.0 cm³/mol. The average Bonchev–Trinajstić information content (AvgIpc) is 2.45. The van der Waals surface area contributed by atoms with Gasteiger partial charge in [-0.25, -0.2) is 13.6 Å². The standard InChI is InChI=1S/C13H19N3O5S/c1-4-15-12(17)8(2)16-13(18)10-7-9(22(14,19)20)5-6-11(10)21-3/h5-8H,4H2,1-3H3,(H,15,17)(H,16,18)(H2,14,19,20)/t8-/m0/s1. The van der Waals surface area contributed by atoms with Gasteiger partial charge >= 0.3 is 0 Å². The minimum absolute atomic E-state index is 0.0230. The molecule has 9 heteroatoms. The molecule has 0 aliphatic carbocycles. The van der Waals surface area contributed by atoms with Crippen LogP contribution in [-0.2, 0) is 14.8 Å². The smallest absolute Gasteiger partial charge is 0.255 e. The van der Waals surface area contributed by atoms with E-state index in [2.05, 4.69) is 10.6 Å². The highest BCUT2D eigenvalue weighted by molar-refractivity contribution is 7.89. The molecule has 0 bridgehead atoms. The van der Waals surface area contributed by atoms with Gasteiger partial charge in [-0.15, -0.1) is 0 Å². The summed E-state index contributed by atoms with van der Waals surface area (Å²) in [4.78, 5) is 23.6. The summed E-state index contributed by atoms with van der Waals surface area (Å²) in [5, 5.41) is 10.1. The largest absolute Gasteiger partial charge is 0.496 e. The lowest BCUT2D eigenvalue weighted by Crippen LogP contribution is -2.44. The number of hydrogen-bond acceptors (Lipinski definition) is 5. The summed E-state index contributed by atoms with van der Waals surface area (Å²) >= 11 is 0. The Bertz CT molecular complexity index is 672. The molecule has 0 radical (unpaired) electrons. The molecule has 1 rings (SSSR count). The monoisotopic (exact) mass is 329 g/mol. The molecule has 0 fully saturated rings. The second-order valence-electron chi connectivity index (χ2n) is 4.50. The van der Waals surface area contributed by atoms with Gasteiger partial charge in [-0.3, -0.25) is 9.59 Å². The van der Waals surface area contributed by atoms with E-state index in [0.29, 0.717) is 6.54 Å². The molecule has 1 aromatic rings. The van der Waals surface area contributed by atoms with Crippen LogP contribution >= 0.6 is 0 Å². The van der Waals surface area contributed by atoms with Crippen molar-refractivity contribution in [2.75, 3.05) is 13.7 Å². The molecule has 1 atom stereocenters. The Labute approximate surface area is 129 Å². The second-order valence-corrected chi connectivity index (χ2v) is 6.06. The number of carbonyl (C=O) groups is 2. The molecule has 122 valence electrons. The van der Waals surface area contributed by atoms with E-state index in [9.17, 15) is 18.0 Å². The van der Waals surface area contributed by atoms with Gasteiger partial charge in [0.05, 0.1) is 17.6 Å². The molecule has 22 heavy (non-hydrogen) atoms. The zero-order chi connectivity index (χ0) is 16.9. The molecular weight excluding hydrogens is 310 g/mol. The van der Waals surface area contributed by atoms with Crippen molar-refractivity contribution in [3.63, 3.8) is 0 Å². The lowest BCUT2D eigenvalue weighted by molar-refractivity contribution is -0.122. The zero-order valence-electron chi connectivity index (χ0n) is 12.5. The van der Waals surface area contributed by atoms with Crippen molar-refractivity contribution >= 4 is 21.8 Å². The lowest BCUT2D eigenvalue weighted by Gasteiger charge is -2.15. The molecule has 0 heterocycles. The van der Waals surface area contributed by atoms with E-state index < -0.39 is 22.0 Å². The first-order chi connectivity index (χ1) is 10.2. The maximum atomic E-state index is 12.2. The van der Waals surface area contributed by atoms with Crippen molar-refractivity contribution in [1.82, 2.24) is 10.6 Å². The number of likely N-dealkylation sites (N-methyl/N-ethyl adjacent to an activating group) is 1. The number of rotatable bonds is 6. The van der Waals surface area contributed by atoms with Crippen molar-refractivity contribution < 1.29 is 22.7 Å². The van der Waals surface area contributed by atoms with Crippen LogP contribution in [0.5, 0.6) is 5.75 Å². The van der Waals surface area contributed by atoms with Crippen molar-refractivity contribution in [1.29, 1.82) is 0 Å². The fourth-order valence-corrected chi connectivity index (χ4v) is 2.25. The second kappa shape index (κ2) is 7.23. The van der Waals surface area contributed by atoms with E-state index in [4.69, 9.17) is 9.88 Å². The van der Waals surface area contributed by atoms with E-state index in [1.165, 1.54) is 26.2 Å². The summed E-state index contributed by atoms with van der Waals surface area (Å²) < 4.78 is 27.8. The minimum Gasteiger partial charge on any atom is -0.496 e. The van der Waals surface area contributed by atoms with Gasteiger partial charge in [0.25, 0.3) is 5.91 Å². The molecule has 2 amide bonds. The van der Waals surface area contributed by atoms with Gasteiger partial charge in [0.15, 0.2) is 0 Å². The third-order valence-electron chi connectivity index (χ3n) is 2.84. The Morgan fingerprint density at radius 1 is 1.36 bits per heavy atom. The summed E-state index contributed by atoms with van der Waals surface area (Å²) in [5.74, 6) is -0.813. The topological polar surface area (TPSA) is 128 Å². The van der Waals surface area contributed by atoms with Gasteiger partial charge in [-0.05, 0) is 32.0 Å². The summed E-state index contributed by atoms with van der Waals surface area (Å²) in [5.41, 5.74) is -0.0230. The summed E-state index contributed by atoms with van der Waals surface area (Å²) in [7, 11) is -2.61. The number of hydrogen-bond donors (Lipinski definition) is 3. The van der Waals surface area contributed by atoms with Crippen LogP contribution < -0.4 is 20.5 Å². The Kier molecular flexibility index (Phi) is 5.89. The van der Waals surface area contributed by atoms with Crippen LogP contribution in [-0.4, -0.2) is 39.9 Å². The molecule has 4 N–H and O–H groups in total. The molecule has 0 saturated heterocycles. The first-order valence-electron chi connectivity index (χ1n) is 6.50. The molecule has 0 aromatic heterocycles. The Morgan fingerprint density at radius 3 is 2.50 bits per heavy atom. The quantitative estimate of drug-likeness (QED) is 0.654. The normalized spacial score (nSPS) is 12.4. The van der Waals surface area contributed by atoms with Gasteiger partial charge in [-0.1, -0.05) is 0 Å². The highest BCUT2D eigenvalue weighted by Gasteiger charge is 2.21. The molecule has 1 aromatic carbocycles. The maximum Gasteiger partial charge on any atom is 0.255 e. The van der Waals surface area contributed by atoms with Gasteiger partial charge in [0.1, 0.15) is 11.8 Å². The molecule has 0 unspecified atom stereocenters. The third kappa shape index (κ3) is 4.43. The number of nitrogens with one attached hydrogen (secondary N) is 2. The predicted octanol–water partition coefficient (Wildman–Crippen LogP) is -0.403. The van der Waals surface area contributed by atoms with Crippen LogP contribution in [0.2, 0.25) is 0 Å². The highest BCUT2D eigenvalue weighted by Crippen LogP contribution is 2.21. The Morgan fingerprint density at radius 2 is 2.00 bits per heavy atom. The van der Waals surface area contributed by atoms with Crippen molar-refractivity contribution in [2.24, 2.45) is 5.14 Å². The number of amides is 2. The van der Waals surface area contributed by atoms with Crippen LogP contribution in [0.4, 0.5) is 0 Å². The lowest BCUT2D eigenvalue weighted by atomic mass is 10.1. The van der Waals surface area contributed by atoms with Crippen molar-refractivity contribution in [3.8, 4) is 5.75 Å². The van der Waals surface area contributed by atoms with Gasteiger partial charge in [0, 0.05) is 6.54 Å². The number of nitrogens with two attached hydrogens (primary N) is 1. The van der Waals surface area contributed by atoms with Crippen molar-refractivity contribution in [3.05, 3.63) is 23.8 Å². The number of carbonyl (C=O) groups excluding carboxylic acids is 2. The van der Waals surface area contributed by atoms with E-state index in [-0.39, 0.29) is 22.1 Å². The zero-order valence-corrected chi connectivity index (χ0v) is 13.4. The van der Waals surface area contributed by atoms with Crippen molar-refractivity contribution in [2.45, 2.75) is 24.8 Å². The van der Waals surface area contributed by atoms with Crippen LogP contribution in [0.25, 0.3) is 0 Å². The van der Waals surface area contributed by atoms with Crippen LogP contribution in [0.3, 0.4) is 0 Å². The Hall–Kier alpha value is -2.13. The summed E-state index contributed by atoms with van der Waals surface area (Å²) in [6, 6.07) is 2.88. The van der Waals surface area contributed by atoms with Crippen LogP contribution in [0.1, 0.15) is 24.2 Å². The molecule has 0 aliphatic heterocycles. The number of benzene rings is 1. The fraction of sp³-hybridized carbons (Fsp3) is 0.385. The third-order valence-corrected chi connectivity index (χ3v) is 3.75. The SMILES string of the molecule is CCNC(=O)[C@H](C)NC(=O)c1cc(S(N)(=O)=O)ccc1OC. The van der Waals surface area contributed by atoms with E-state index >= 15 is 0 Å².